The SMILES string of the molecule is COC(=O)C(C)NC(=O)C(C)C. The quantitative estimate of drug-likeness (QED) is 0.625. The average Bonchev–Trinajstić information content (AvgIpc) is 2.02. The minimum atomic E-state index is -0.565. The van der Waals surface area contributed by atoms with Crippen molar-refractivity contribution in [2.45, 2.75) is 26.8 Å². The van der Waals surface area contributed by atoms with Gasteiger partial charge in [0.25, 0.3) is 0 Å². The number of esters is 1. The van der Waals surface area contributed by atoms with Gasteiger partial charge in [-0.2, -0.15) is 0 Å². The molecular weight excluding hydrogens is 158 g/mol. The lowest BCUT2D eigenvalue weighted by Crippen LogP contribution is -2.41. The van der Waals surface area contributed by atoms with Gasteiger partial charge >= 0.3 is 5.97 Å². The van der Waals surface area contributed by atoms with Gasteiger partial charge in [-0.1, -0.05) is 13.8 Å². The highest BCUT2D eigenvalue weighted by molar-refractivity contribution is 5.84. The van der Waals surface area contributed by atoms with E-state index in [9.17, 15) is 9.59 Å². The molecule has 0 aromatic rings. The summed E-state index contributed by atoms with van der Waals surface area (Å²) >= 11 is 0. The van der Waals surface area contributed by atoms with Crippen LogP contribution < -0.4 is 5.32 Å². The molecule has 0 saturated carbocycles. The zero-order valence-electron chi connectivity index (χ0n) is 7.88. The van der Waals surface area contributed by atoms with Crippen molar-refractivity contribution >= 4 is 11.9 Å². The Labute approximate surface area is 72.3 Å². The molecule has 0 saturated heterocycles. The normalized spacial score (nSPS) is 12.4. The first-order chi connectivity index (χ1) is 5.49. The van der Waals surface area contributed by atoms with E-state index in [1.54, 1.807) is 20.8 Å². The Morgan fingerprint density at radius 3 is 2.08 bits per heavy atom. The van der Waals surface area contributed by atoms with Crippen molar-refractivity contribution in [3.05, 3.63) is 0 Å². The second kappa shape index (κ2) is 4.74. The molecule has 0 fully saturated rings. The summed E-state index contributed by atoms with van der Waals surface area (Å²) in [6.07, 6.45) is 0. The van der Waals surface area contributed by atoms with Crippen molar-refractivity contribution in [1.82, 2.24) is 5.32 Å². The van der Waals surface area contributed by atoms with Gasteiger partial charge in [-0.3, -0.25) is 4.79 Å². The van der Waals surface area contributed by atoms with E-state index in [4.69, 9.17) is 0 Å². The maximum Gasteiger partial charge on any atom is 0.328 e. The maximum absolute atomic E-state index is 11.1. The Bertz CT molecular complexity index is 177. The minimum Gasteiger partial charge on any atom is -0.467 e. The predicted octanol–water partition coefficient (Wildman–Crippen LogP) is 0.320. The van der Waals surface area contributed by atoms with Crippen molar-refractivity contribution < 1.29 is 14.3 Å². The fourth-order valence-corrected chi connectivity index (χ4v) is 0.616. The Kier molecular flexibility index (Phi) is 4.33. The Morgan fingerprint density at radius 2 is 1.75 bits per heavy atom. The van der Waals surface area contributed by atoms with Gasteiger partial charge in [0.2, 0.25) is 5.91 Å². The van der Waals surface area contributed by atoms with Gasteiger partial charge in [0.05, 0.1) is 7.11 Å². The highest BCUT2D eigenvalue weighted by atomic mass is 16.5. The van der Waals surface area contributed by atoms with Crippen LogP contribution in [0.15, 0.2) is 0 Å². The molecule has 1 unspecified atom stereocenters. The number of methoxy groups -OCH3 is 1. The zero-order valence-corrected chi connectivity index (χ0v) is 7.88. The molecule has 4 nitrogen and oxygen atoms in total. The van der Waals surface area contributed by atoms with Crippen LogP contribution in [0.2, 0.25) is 0 Å². The number of carbonyl (C=O) groups is 2. The van der Waals surface area contributed by atoms with E-state index in [1.165, 1.54) is 7.11 Å². The second-order valence-corrected chi connectivity index (χ2v) is 2.91. The summed E-state index contributed by atoms with van der Waals surface area (Å²) in [7, 11) is 1.29. The van der Waals surface area contributed by atoms with Crippen LogP contribution in [0.1, 0.15) is 20.8 Å². The van der Waals surface area contributed by atoms with Gasteiger partial charge in [-0.25, -0.2) is 4.79 Å². The Hall–Kier alpha value is -1.06. The summed E-state index contributed by atoms with van der Waals surface area (Å²) in [5, 5.41) is 2.52. The first kappa shape index (κ1) is 10.9. The monoisotopic (exact) mass is 173 g/mol. The predicted molar refractivity (Wildman–Crippen MR) is 44.5 cm³/mol. The molecule has 0 spiro atoms. The third-order valence-corrected chi connectivity index (χ3v) is 1.44. The first-order valence-corrected chi connectivity index (χ1v) is 3.87. The van der Waals surface area contributed by atoms with Gasteiger partial charge < -0.3 is 10.1 Å². The molecule has 1 N–H and O–H groups in total. The molecule has 0 aliphatic heterocycles. The van der Waals surface area contributed by atoms with Gasteiger partial charge in [0.15, 0.2) is 0 Å². The van der Waals surface area contributed by atoms with Gasteiger partial charge in [0, 0.05) is 5.92 Å². The molecular formula is C8H15NO3. The summed E-state index contributed by atoms with van der Waals surface area (Å²) < 4.78 is 4.44. The van der Waals surface area contributed by atoms with Gasteiger partial charge in [-0.15, -0.1) is 0 Å². The lowest BCUT2D eigenvalue weighted by molar-refractivity contribution is -0.144. The molecule has 0 rings (SSSR count). The Morgan fingerprint density at radius 1 is 1.25 bits per heavy atom. The highest BCUT2D eigenvalue weighted by Gasteiger charge is 2.16. The van der Waals surface area contributed by atoms with Crippen LogP contribution in [0.5, 0.6) is 0 Å². The highest BCUT2D eigenvalue weighted by Crippen LogP contribution is 1.93. The van der Waals surface area contributed by atoms with E-state index in [-0.39, 0.29) is 11.8 Å². The number of amides is 1. The molecule has 0 aromatic carbocycles. The summed E-state index contributed by atoms with van der Waals surface area (Å²) in [5.41, 5.74) is 0. The molecule has 0 aliphatic carbocycles. The molecule has 1 amide bonds. The van der Waals surface area contributed by atoms with Crippen LogP contribution in [0, 0.1) is 5.92 Å². The largest absolute Gasteiger partial charge is 0.467 e. The first-order valence-electron chi connectivity index (χ1n) is 3.87. The number of nitrogens with one attached hydrogen (secondary N) is 1. The molecule has 1 atom stereocenters. The fraction of sp³-hybridized carbons (Fsp3) is 0.750. The van der Waals surface area contributed by atoms with Gasteiger partial charge in [0.1, 0.15) is 6.04 Å². The standard InChI is InChI=1S/C8H15NO3/c1-5(2)7(10)9-6(3)8(11)12-4/h5-6H,1-4H3,(H,9,10). The second-order valence-electron chi connectivity index (χ2n) is 2.91. The molecule has 0 aliphatic rings. The summed E-state index contributed by atoms with van der Waals surface area (Å²) in [6, 6.07) is -0.565. The number of carbonyl (C=O) groups excluding carboxylic acids is 2. The van der Waals surface area contributed by atoms with Gasteiger partial charge in [-0.05, 0) is 6.92 Å². The lowest BCUT2D eigenvalue weighted by Gasteiger charge is -2.12. The van der Waals surface area contributed by atoms with E-state index in [0.717, 1.165) is 0 Å². The van der Waals surface area contributed by atoms with Crippen LogP contribution in [-0.2, 0) is 14.3 Å². The van der Waals surface area contributed by atoms with E-state index >= 15 is 0 Å². The lowest BCUT2D eigenvalue weighted by atomic mass is 10.2. The molecule has 0 aromatic heterocycles. The zero-order chi connectivity index (χ0) is 9.72. The van der Waals surface area contributed by atoms with Crippen LogP contribution >= 0.6 is 0 Å². The Balaban J connectivity index is 3.92. The van der Waals surface area contributed by atoms with Crippen LogP contribution in [-0.4, -0.2) is 25.0 Å². The van der Waals surface area contributed by atoms with E-state index in [0.29, 0.717) is 0 Å². The van der Waals surface area contributed by atoms with Crippen LogP contribution in [0.4, 0.5) is 0 Å². The van der Waals surface area contributed by atoms with Crippen molar-refractivity contribution in [3.63, 3.8) is 0 Å². The molecule has 0 radical (unpaired) electrons. The van der Waals surface area contributed by atoms with E-state index < -0.39 is 12.0 Å². The summed E-state index contributed by atoms with van der Waals surface area (Å²) in [4.78, 5) is 21.9. The van der Waals surface area contributed by atoms with Crippen LogP contribution in [0.25, 0.3) is 0 Å². The number of rotatable bonds is 3. The molecule has 70 valence electrons. The molecule has 0 heterocycles. The number of ether oxygens (including phenoxy) is 1. The molecule has 0 bridgehead atoms. The van der Waals surface area contributed by atoms with Crippen molar-refractivity contribution in [2.75, 3.05) is 7.11 Å². The fourth-order valence-electron chi connectivity index (χ4n) is 0.616. The third kappa shape index (κ3) is 3.37. The number of hydrogen-bond donors (Lipinski definition) is 1. The molecule has 12 heavy (non-hydrogen) atoms. The number of hydrogen-bond acceptors (Lipinski definition) is 3. The average molecular weight is 173 g/mol. The smallest absolute Gasteiger partial charge is 0.328 e. The van der Waals surface area contributed by atoms with Crippen molar-refractivity contribution in [2.24, 2.45) is 5.92 Å². The third-order valence-electron chi connectivity index (χ3n) is 1.44. The topological polar surface area (TPSA) is 55.4 Å². The van der Waals surface area contributed by atoms with Crippen molar-refractivity contribution in [3.8, 4) is 0 Å². The van der Waals surface area contributed by atoms with E-state index in [2.05, 4.69) is 10.1 Å². The van der Waals surface area contributed by atoms with E-state index in [1.807, 2.05) is 0 Å². The molecule has 4 heteroatoms. The minimum absolute atomic E-state index is 0.114. The van der Waals surface area contributed by atoms with Crippen molar-refractivity contribution in [1.29, 1.82) is 0 Å². The summed E-state index contributed by atoms with van der Waals surface area (Å²) in [6.45, 7) is 5.12. The summed E-state index contributed by atoms with van der Waals surface area (Å²) in [5.74, 6) is -0.686. The maximum atomic E-state index is 11.1. The van der Waals surface area contributed by atoms with Crippen LogP contribution in [0.3, 0.4) is 0 Å².